The number of hydrogen-bond acceptors (Lipinski definition) is 6. The number of benzene rings is 1. The predicted molar refractivity (Wildman–Crippen MR) is 107 cm³/mol. The van der Waals surface area contributed by atoms with Crippen molar-refractivity contribution in [2.24, 2.45) is 0 Å². The van der Waals surface area contributed by atoms with E-state index < -0.39 is 22.5 Å². The van der Waals surface area contributed by atoms with Gasteiger partial charge in [-0.3, -0.25) is 4.79 Å². The monoisotopic (exact) mass is 435 g/mol. The molecule has 0 aliphatic carbocycles. The van der Waals surface area contributed by atoms with Crippen molar-refractivity contribution in [3.05, 3.63) is 71.9 Å². The van der Waals surface area contributed by atoms with Crippen molar-refractivity contribution in [3.63, 3.8) is 0 Å². The van der Waals surface area contributed by atoms with Crippen LogP contribution in [0.15, 0.2) is 70.3 Å². The third kappa shape index (κ3) is 5.14. The summed E-state index contributed by atoms with van der Waals surface area (Å²) in [5.41, 5.74) is 0.434. The Labute approximate surface area is 173 Å². The number of nitrogens with one attached hydrogen (secondary N) is 1. The summed E-state index contributed by atoms with van der Waals surface area (Å²) in [4.78, 5) is 16.3. The molecule has 0 aliphatic heterocycles. The Bertz CT molecular complexity index is 1070. The quantitative estimate of drug-likeness (QED) is 0.545. The summed E-state index contributed by atoms with van der Waals surface area (Å²) >= 11 is 5.75. The van der Waals surface area contributed by atoms with Gasteiger partial charge in [0.2, 0.25) is 15.9 Å². The molecule has 152 valence electrons. The number of hydrogen-bond donors (Lipinski definition) is 1. The minimum absolute atomic E-state index is 0.0847. The highest BCUT2D eigenvalue weighted by atomic mass is 35.5. The van der Waals surface area contributed by atoms with E-state index in [2.05, 4.69) is 10.3 Å². The topological polar surface area (TPSA) is 102 Å². The lowest BCUT2D eigenvalue weighted by Crippen LogP contribution is -2.37. The molecule has 8 nitrogen and oxygen atoms in total. The number of sulfonamides is 1. The summed E-state index contributed by atoms with van der Waals surface area (Å²) in [5.74, 6) is 0.315. The lowest BCUT2D eigenvalue weighted by Gasteiger charge is -2.21. The van der Waals surface area contributed by atoms with Crippen molar-refractivity contribution >= 4 is 33.2 Å². The number of furan rings is 1. The number of ether oxygens (including phenoxy) is 1. The highest BCUT2D eigenvalue weighted by Gasteiger charge is 2.28. The molecule has 2 heterocycles. The van der Waals surface area contributed by atoms with E-state index in [1.54, 1.807) is 36.4 Å². The number of carbonyl (C=O) groups is 1. The fourth-order valence-corrected chi connectivity index (χ4v) is 3.98. The van der Waals surface area contributed by atoms with E-state index in [-0.39, 0.29) is 16.6 Å². The zero-order valence-electron chi connectivity index (χ0n) is 15.4. The fourth-order valence-electron chi connectivity index (χ4n) is 2.56. The first kappa shape index (κ1) is 20.8. The van der Waals surface area contributed by atoms with E-state index in [4.69, 9.17) is 20.8 Å². The van der Waals surface area contributed by atoms with Crippen LogP contribution >= 0.6 is 11.6 Å². The number of para-hydroxylation sites is 2. The number of halogens is 1. The molecule has 0 saturated heterocycles. The number of anilines is 1. The minimum atomic E-state index is -4.04. The Balaban J connectivity index is 1.85. The molecular formula is C19H18ClN3O5S. The maximum Gasteiger partial charge on any atom is 0.245 e. The predicted octanol–water partition coefficient (Wildman–Crippen LogP) is 3.17. The number of methoxy groups -OCH3 is 1. The van der Waals surface area contributed by atoms with Crippen LogP contribution in [0.25, 0.3) is 0 Å². The molecule has 1 N–H and O–H groups in total. The van der Waals surface area contributed by atoms with E-state index in [1.165, 1.54) is 25.5 Å². The summed E-state index contributed by atoms with van der Waals surface area (Å²) in [6.07, 6.45) is 2.57. The Morgan fingerprint density at radius 2 is 2.00 bits per heavy atom. The Hall–Kier alpha value is -2.88. The first-order valence-corrected chi connectivity index (χ1v) is 10.3. The molecule has 0 radical (unpaired) electrons. The standard InChI is InChI=1S/C19H18ClN3O5S/c1-27-17-7-3-2-6-16(17)22-19(24)13-23(12-14-5-4-10-28-14)29(25,26)15-8-9-18(20)21-11-15/h2-11H,12-13H2,1H3,(H,22,24). The normalized spacial score (nSPS) is 11.4. The molecule has 0 spiro atoms. The van der Waals surface area contributed by atoms with Crippen LogP contribution in [-0.2, 0) is 21.4 Å². The van der Waals surface area contributed by atoms with Crippen LogP contribution in [0.5, 0.6) is 5.75 Å². The average Bonchev–Trinajstić information content (AvgIpc) is 3.21. The number of pyridine rings is 1. The maximum absolute atomic E-state index is 13.1. The molecule has 0 unspecified atom stereocenters. The Morgan fingerprint density at radius 1 is 1.21 bits per heavy atom. The van der Waals surface area contributed by atoms with Crippen molar-refractivity contribution in [2.45, 2.75) is 11.4 Å². The van der Waals surface area contributed by atoms with Gasteiger partial charge >= 0.3 is 0 Å². The van der Waals surface area contributed by atoms with Crippen LogP contribution < -0.4 is 10.1 Å². The lowest BCUT2D eigenvalue weighted by molar-refractivity contribution is -0.116. The van der Waals surface area contributed by atoms with Crippen LogP contribution in [0.4, 0.5) is 5.69 Å². The number of carbonyl (C=O) groups excluding carboxylic acids is 1. The Morgan fingerprint density at radius 3 is 2.66 bits per heavy atom. The lowest BCUT2D eigenvalue weighted by atomic mass is 10.3. The number of aromatic nitrogens is 1. The van der Waals surface area contributed by atoms with Gasteiger partial charge in [-0.25, -0.2) is 13.4 Å². The number of nitrogens with zero attached hydrogens (tertiary/aromatic N) is 2. The zero-order valence-corrected chi connectivity index (χ0v) is 17.0. The van der Waals surface area contributed by atoms with Gasteiger partial charge in [0.25, 0.3) is 0 Å². The van der Waals surface area contributed by atoms with Crippen LogP contribution in [0, 0.1) is 0 Å². The van der Waals surface area contributed by atoms with Crippen molar-refractivity contribution < 1.29 is 22.4 Å². The second kappa shape index (κ2) is 9.08. The third-order valence-corrected chi connectivity index (χ3v) is 5.95. The largest absolute Gasteiger partial charge is 0.495 e. The van der Waals surface area contributed by atoms with Gasteiger partial charge in [-0.15, -0.1) is 0 Å². The first-order valence-electron chi connectivity index (χ1n) is 8.47. The zero-order chi connectivity index (χ0) is 20.9. The average molecular weight is 436 g/mol. The van der Waals surface area contributed by atoms with E-state index in [9.17, 15) is 13.2 Å². The molecule has 0 fully saturated rings. The van der Waals surface area contributed by atoms with Gasteiger partial charge in [-0.2, -0.15) is 4.31 Å². The van der Waals surface area contributed by atoms with Gasteiger partial charge in [0.15, 0.2) is 0 Å². The third-order valence-electron chi connectivity index (χ3n) is 3.95. The first-order chi connectivity index (χ1) is 13.9. The molecular weight excluding hydrogens is 418 g/mol. The second-order valence-corrected chi connectivity index (χ2v) is 8.24. The van der Waals surface area contributed by atoms with E-state index in [0.717, 1.165) is 10.5 Å². The summed E-state index contributed by atoms with van der Waals surface area (Å²) in [7, 11) is -2.56. The summed E-state index contributed by atoms with van der Waals surface area (Å²) < 4.78 is 37.6. The molecule has 1 amide bonds. The van der Waals surface area contributed by atoms with Gasteiger partial charge in [-0.05, 0) is 36.4 Å². The molecule has 29 heavy (non-hydrogen) atoms. The summed E-state index contributed by atoms with van der Waals surface area (Å²) in [5, 5.41) is 2.83. The van der Waals surface area contributed by atoms with Gasteiger partial charge < -0.3 is 14.5 Å². The molecule has 3 rings (SSSR count). The second-order valence-electron chi connectivity index (χ2n) is 5.92. The molecule has 0 saturated carbocycles. The highest BCUT2D eigenvalue weighted by Crippen LogP contribution is 2.24. The van der Waals surface area contributed by atoms with E-state index >= 15 is 0 Å². The Kier molecular flexibility index (Phi) is 6.53. The molecule has 10 heteroatoms. The fraction of sp³-hybridized carbons (Fsp3) is 0.158. The van der Waals surface area contributed by atoms with Gasteiger partial charge in [-0.1, -0.05) is 23.7 Å². The molecule has 0 atom stereocenters. The molecule has 3 aromatic rings. The van der Waals surface area contributed by atoms with Crippen molar-refractivity contribution in [1.29, 1.82) is 0 Å². The van der Waals surface area contributed by atoms with Crippen LogP contribution in [0.2, 0.25) is 5.15 Å². The maximum atomic E-state index is 13.1. The van der Waals surface area contributed by atoms with Crippen LogP contribution in [0.1, 0.15) is 5.76 Å². The molecule has 0 aliphatic rings. The SMILES string of the molecule is COc1ccccc1NC(=O)CN(Cc1ccco1)S(=O)(=O)c1ccc(Cl)nc1. The van der Waals surface area contributed by atoms with Crippen molar-refractivity contribution in [3.8, 4) is 5.75 Å². The smallest absolute Gasteiger partial charge is 0.245 e. The van der Waals surface area contributed by atoms with Gasteiger partial charge in [0.1, 0.15) is 21.6 Å². The van der Waals surface area contributed by atoms with Crippen molar-refractivity contribution in [1.82, 2.24) is 9.29 Å². The van der Waals surface area contributed by atoms with Crippen LogP contribution in [0.3, 0.4) is 0 Å². The highest BCUT2D eigenvalue weighted by molar-refractivity contribution is 7.89. The molecule has 1 aromatic carbocycles. The van der Waals surface area contributed by atoms with Crippen molar-refractivity contribution in [2.75, 3.05) is 19.0 Å². The summed E-state index contributed by atoms with van der Waals surface area (Å²) in [6.45, 7) is -0.568. The van der Waals surface area contributed by atoms with Gasteiger partial charge in [0, 0.05) is 6.20 Å². The summed E-state index contributed by atoms with van der Waals surface area (Å²) in [6, 6.07) is 12.8. The number of rotatable bonds is 8. The molecule has 0 bridgehead atoms. The number of amides is 1. The van der Waals surface area contributed by atoms with Crippen LogP contribution in [-0.4, -0.2) is 37.3 Å². The van der Waals surface area contributed by atoms with E-state index in [1.807, 2.05) is 0 Å². The van der Waals surface area contributed by atoms with E-state index in [0.29, 0.717) is 17.2 Å². The molecule has 2 aromatic heterocycles. The van der Waals surface area contributed by atoms with Gasteiger partial charge in [0.05, 0.1) is 32.1 Å². The minimum Gasteiger partial charge on any atom is -0.495 e.